The minimum Gasteiger partial charge on any atom is -0.368 e. The maximum Gasteiger partial charge on any atom is 0.417 e. The van der Waals surface area contributed by atoms with Crippen molar-refractivity contribution in [1.29, 1.82) is 0 Å². The Morgan fingerprint density at radius 2 is 2.06 bits per heavy atom. The molecule has 0 radical (unpaired) electrons. The van der Waals surface area contributed by atoms with Crippen LogP contribution in [0.15, 0.2) is 65.9 Å². The SMILES string of the molecule is C#CN1C=CC=NC1(c1ccc2[nH]ccc2c1)C1CN(c2ccc(C=O)c(C(F)(F)F)c2)CCN1. The summed E-state index contributed by atoms with van der Waals surface area (Å²) in [6.07, 6.45) is 8.57. The molecule has 3 aromatic rings. The highest BCUT2D eigenvalue weighted by Crippen LogP contribution is 2.39. The molecule has 1 saturated heterocycles. The minimum atomic E-state index is -4.63. The van der Waals surface area contributed by atoms with Crippen LogP contribution in [-0.4, -0.2) is 48.1 Å². The molecule has 3 heterocycles. The summed E-state index contributed by atoms with van der Waals surface area (Å²) >= 11 is 0. The highest BCUT2D eigenvalue weighted by molar-refractivity contribution is 5.81. The van der Waals surface area contributed by atoms with Crippen molar-refractivity contribution >= 4 is 29.1 Å². The fourth-order valence-electron chi connectivity index (χ4n) is 4.90. The topological polar surface area (TPSA) is 63.7 Å². The summed E-state index contributed by atoms with van der Waals surface area (Å²) in [5, 5.41) is 4.48. The average Bonchev–Trinajstić information content (AvgIpc) is 3.36. The van der Waals surface area contributed by atoms with E-state index >= 15 is 0 Å². The second-order valence-electron chi connectivity index (χ2n) is 8.46. The molecular formula is C26H22F3N5O. The van der Waals surface area contributed by atoms with Crippen LogP contribution in [0, 0.1) is 12.5 Å². The van der Waals surface area contributed by atoms with E-state index in [9.17, 15) is 18.0 Å². The van der Waals surface area contributed by atoms with E-state index in [4.69, 9.17) is 11.4 Å². The smallest absolute Gasteiger partial charge is 0.368 e. The molecule has 1 aromatic heterocycles. The van der Waals surface area contributed by atoms with Crippen molar-refractivity contribution in [2.75, 3.05) is 24.5 Å². The molecule has 2 N–H and O–H groups in total. The van der Waals surface area contributed by atoms with Crippen LogP contribution in [0.2, 0.25) is 0 Å². The fraction of sp³-hybridized carbons (Fsp3) is 0.231. The largest absolute Gasteiger partial charge is 0.417 e. The van der Waals surface area contributed by atoms with Crippen LogP contribution in [0.5, 0.6) is 0 Å². The number of nitrogens with zero attached hydrogens (tertiary/aromatic N) is 3. The summed E-state index contributed by atoms with van der Waals surface area (Å²) in [6.45, 7) is 1.33. The van der Waals surface area contributed by atoms with Crippen LogP contribution in [0.3, 0.4) is 0 Å². The van der Waals surface area contributed by atoms with E-state index in [0.717, 1.165) is 22.5 Å². The minimum absolute atomic E-state index is 0.229. The van der Waals surface area contributed by atoms with Crippen molar-refractivity contribution in [3.8, 4) is 12.5 Å². The van der Waals surface area contributed by atoms with Gasteiger partial charge in [-0.25, -0.2) is 0 Å². The lowest BCUT2D eigenvalue weighted by molar-refractivity contribution is -0.137. The third kappa shape index (κ3) is 3.86. The van der Waals surface area contributed by atoms with Gasteiger partial charge in [-0.2, -0.15) is 13.2 Å². The summed E-state index contributed by atoms with van der Waals surface area (Å²) < 4.78 is 40.7. The Morgan fingerprint density at radius 3 is 2.83 bits per heavy atom. The number of piperazine rings is 1. The van der Waals surface area contributed by atoms with Crippen molar-refractivity contribution < 1.29 is 18.0 Å². The molecule has 2 atom stereocenters. The first-order chi connectivity index (χ1) is 16.9. The molecule has 178 valence electrons. The molecule has 0 amide bonds. The maximum atomic E-state index is 13.6. The van der Waals surface area contributed by atoms with Crippen molar-refractivity contribution in [2.45, 2.75) is 17.9 Å². The van der Waals surface area contributed by atoms with E-state index < -0.39 is 17.4 Å². The maximum absolute atomic E-state index is 13.6. The Labute approximate surface area is 200 Å². The van der Waals surface area contributed by atoms with Gasteiger partial charge in [0, 0.05) is 66.6 Å². The van der Waals surface area contributed by atoms with E-state index in [1.54, 1.807) is 29.5 Å². The number of aldehydes is 1. The summed E-state index contributed by atoms with van der Waals surface area (Å²) in [5.74, 6) is 0. The first-order valence-corrected chi connectivity index (χ1v) is 11.1. The predicted molar refractivity (Wildman–Crippen MR) is 129 cm³/mol. The number of halogens is 3. The Morgan fingerprint density at radius 1 is 1.20 bits per heavy atom. The molecule has 1 fully saturated rings. The van der Waals surface area contributed by atoms with Crippen molar-refractivity contribution in [1.82, 2.24) is 15.2 Å². The van der Waals surface area contributed by atoms with Gasteiger partial charge in [-0.1, -0.05) is 12.5 Å². The number of hydrogen-bond donors (Lipinski definition) is 2. The van der Waals surface area contributed by atoms with Gasteiger partial charge in [0.25, 0.3) is 0 Å². The number of carbonyl (C=O) groups is 1. The predicted octanol–water partition coefficient (Wildman–Crippen LogP) is 4.12. The van der Waals surface area contributed by atoms with Gasteiger partial charge in [0.15, 0.2) is 11.9 Å². The normalized spacial score (nSPS) is 22.4. The molecule has 2 aromatic carbocycles. The number of rotatable bonds is 4. The van der Waals surface area contributed by atoms with Gasteiger partial charge < -0.3 is 15.2 Å². The van der Waals surface area contributed by atoms with Gasteiger partial charge in [0.05, 0.1) is 11.6 Å². The standard InChI is InChI=1S/C26H22F3N5O/c1-2-34-12-3-9-32-25(34,20-5-7-23-18(14-20)8-10-30-23)24-16-33(13-11-31-24)21-6-4-19(17-35)22(15-21)26(27,28)29/h1,3-10,12,14-15,17,24,30-31H,11,13,16H2. The molecule has 0 spiro atoms. The first-order valence-electron chi connectivity index (χ1n) is 11.1. The van der Waals surface area contributed by atoms with Gasteiger partial charge in [-0.3, -0.25) is 14.7 Å². The third-order valence-corrected chi connectivity index (χ3v) is 6.57. The van der Waals surface area contributed by atoms with Crippen LogP contribution >= 0.6 is 0 Å². The lowest BCUT2D eigenvalue weighted by atomic mass is 9.87. The number of aromatic amines is 1. The van der Waals surface area contributed by atoms with Crippen LogP contribution in [0.4, 0.5) is 18.9 Å². The summed E-state index contributed by atoms with van der Waals surface area (Å²) in [4.78, 5) is 22.8. The molecule has 35 heavy (non-hydrogen) atoms. The fourth-order valence-corrected chi connectivity index (χ4v) is 4.90. The highest BCUT2D eigenvalue weighted by Gasteiger charge is 2.47. The molecule has 5 rings (SSSR count). The van der Waals surface area contributed by atoms with Gasteiger partial charge in [-0.15, -0.1) is 0 Å². The molecule has 2 aliphatic heterocycles. The molecule has 9 heteroatoms. The monoisotopic (exact) mass is 477 g/mol. The quantitative estimate of drug-likeness (QED) is 0.438. The molecule has 6 nitrogen and oxygen atoms in total. The number of H-pyrrole nitrogens is 1. The highest BCUT2D eigenvalue weighted by atomic mass is 19.4. The Balaban J connectivity index is 1.56. The number of carbonyl (C=O) groups excluding carboxylic acids is 1. The average molecular weight is 477 g/mol. The molecule has 0 saturated carbocycles. The molecule has 2 unspecified atom stereocenters. The number of nitrogens with one attached hydrogen (secondary N) is 2. The van der Waals surface area contributed by atoms with Crippen molar-refractivity contribution in [3.63, 3.8) is 0 Å². The van der Waals surface area contributed by atoms with Gasteiger partial charge >= 0.3 is 6.18 Å². The Hall–Kier alpha value is -4.03. The lowest BCUT2D eigenvalue weighted by Gasteiger charge is -2.48. The van der Waals surface area contributed by atoms with Gasteiger partial charge in [0.1, 0.15) is 0 Å². The van der Waals surface area contributed by atoms with Gasteiger partial charge in [-0.05, 0) is 47.9 Å². The number of alkyl halides is 3. The van der Waals surface area contributed by atoms with Crippen LogP contribution in [-0.2, 0) is 11.8 Å². The molecule has 0 bridgehead atoms. The zero-order valence-electron chi connectivity index (χ0n) is 18.6. The van der Waals surface area contributed by atoms with Crippen molar-refractivity contribution in [2.24, 2.45) is 4.99 Å². The lowest BCUT2D eigenvalue weighted by Crippen LogP contribution is -2.64. The third-order valence-electron chi connectivity index (χ3n) is 6.57. The second-order valence-corrected chi connectivity index (χ2v) is 8.46. The number of anilines is 1. The number of terminal acetylenes is 1. The number of allylic oxidation sites excluding steroid dienone is 1. The Kier molecular flexibility index (Phi) is 5.61. The first kappa shape index (κ1) is 22.7. The van der Waals surface area contributed by atoms with Crippen molar-refractivity contribution in [3.05, 3.63) is 77.6 Å². The van der Waals surface area contributed by atoms with Crippen LogP contribution in [0.1, 0.15) is 21.5 Å². The number of benzene rings is 2. The summed E-state index contributed by atoms with van der Waals surface area (Å²) in [6, 6.07) is 14.1. The zero-order chi connectivity index (χ0) is 24.6. The van der Waals surface area contributed by atoms with Crippen LogP contribution in [0.25, 0.3) is 10.9 Å². The van der Waals surface area contributed by atoms with E-state index in [0.29, 0.717) is 25.3 Å². The number of fused-ring (bicyclic) bond motifs is 1. The zero-order valence-corrected chi connectivity index (χ0v) is 18.6. The van der Waals surface area contributed by atoms with E-state index in [-0.39, 0.29) is 17.9 Å². The van der Waals surface area contributed by atoms with Crippen LogP contribution < -0.4 is 10.2 Å². The number of aromatic nitrogens is 1. The van der Waals surface area contributed by atoms with Gasteiger partial charge in [0.2, 0.25) is 0 Å². The summed E-state index contributed by atoms with van der Waals surface area (Å²) in [7, 11) is 0. The molecular weight excluding hydrogens is 455 g/mol. The number of hydrogen-bond acceptors (Lipinski definition) is 5. The Bertz CT molecular complexity index is 1370. The van der Waals surface area contributed by atoms with E-state index in [2.05, 4.69) is 16.3 Å². The van der Waals surface area contributed by atoms with E-state index in [1.165, 1.54) is 6.07 Å². The van der Waals surface area contributed by atoms with E-state index in [1.807, 2.05) is 35.4 Å². The number of aliphatic imine (C=N–C) groups is 1. The molecule has 2 aliphatic rings. The summed E-state index contributed by atoms with van der Waals surface area (Å²) in [5.41, 5.74) is -0.132. The second kappa shape index (κ2) is 8.64. The molecule has 0 aliphatic carbocycles.